The normalized spacial score (nSPS) is 31.9. The van der Waals surface area contributed by atoms with E-state index in [0.29, 0.717) is 30.6 Å². The fourth-order valence-electron chi connectivity index (χ4n) is 6.87. The van der Waals surface area contributed by atoms with Crippen LogP contribution >= 0.6 is 0 Å². The topological polar surface area (TPSA) is 46.6 Å². The van der Waals surface area contributed by atoms with Crippen molar-refractivity contribution in [3.05, 3.63) is 52.6 Å². The molecule has 0 heterocycles. The summed E-state index contributed by atoms with van der Waals surface area (Å²) in [5, 5.41) is 0. The quantitative estimate of drug-likeness (QED) is 0.648. The van der Waals surface area contributed by atoms with E-state index in [2.05, 4.69) is 36.1 Å². The standard InChI is InChI=1S/C28H35NO3/c1-28-17-24(18-4-8-21(9-5-18)32-15-14-29(2)3)27-22-11-7-20(30)16-19(22)6-10-23(27)25(28)12-13-26(28)31/h4-5,8-9,16,23-25H,6-7,10-15,17H2,1-3H3/t23?,24-,25?,28-/m0/s1. The van der Waals surface area contributed by atoms with Gasteiger partial charge in [0.25, 0.3) is 0 Å². The van der Waals surface area contributed by atoms with Crippen molar-refractivity contribution in [2.45, 2.75) is 57.8 Å². The molecule has 4 nitrogen and oxygen atoms in total. The zero-order chi connectivity index (χ0) is 22.5. The van der Waals surface area contributed by atoms with E-state index in [-0.39, 0.29) is 17.1 Å². The van der Waals surface area contributed by atoms with Crippen molar-refractivity contribution in [1.82, 2.24) is 4.90 Å². The highest BCUT2D eigenvalue weighted by molar-refractivity contribution is 5.93. The van der Waals surface area contributed by atoms with Crippen LogP contribution in [0.5, 0.6) is 5.75 Å². The van der Waals surface area contributed by atoms with Crippen LogP contribution in [0.1, 0.15) is 63.4 Å². The highest BCUT2D eigenvalue weighted by Crippen LogP contribution is 2.62. The number of carbonyl (C=O) groups is 2. The number of likely N-dealkylation sites (N-methyl/N-ethyl adjacent to an activating group) is 1. The van der Waals surface area contributed by atoms with Gasteiger partial charge in [-0.2, -0.15) is 0 Å². The molecule has 0 spiro atoms. The number of benzene rings is 1. The molecule has 4 heteroatoms. The van der Waals surface area contributed by atoms with Crippen molar-refractivity contribution in [2.75, 3.05) is 27.2 Å². The van der Waals surface area contributed by atoms with Crippen LogP contribution in [0.2, 0.25) is 0 Å². The first-order valence-corrected chi connectivity index (χ1v) is 12.2. The molecular weight excluding hydrogens is 398 g/mol. The van der Waals surface area contributed by atoms with Gasteiger partial charge in [-0.05, 0) is 93.0 Å². The Morgan fingerprint density at radius 1 is 1.03 bits per heavy atom. The predicted molar refractivity (Wildman–Crippen MR) is 126 cm³/mol. The number of fused-ring (bicyclic) bond motifs is 4. The van der Waals surface area contributed by atoms with Crippen LogP contribution in [0, 0.1) is 17.3 Å². The molecule has 4 atom stereocenters. The first-order valence-electron chi connectivity index (χ1n) is 12.2. The van der Waals surface area contributed by atoms with Gasteiger partial charge in [-0.3, -0.25) is 9.59 Å². The van der Waals surface area contributed by atoms with Crippen LogP contribution in [0.25, 0.3) is 0 Å². The van der Waals surface area contributed by atoms with Crippen molar-refractivity contribution in [2.24, 2.45) is 17.3 Å². The summed E-state index contributed by atoms with van der Waals surface area (Å²) in [6.07, 6.45) is 8.13. The number of hydrogen-bond acceptors (Lipinski definition) is 4. The van der Waals surface area contributed by atoms with Crippen molar-refractivity contribution < 1.29 is 14.3 Å². The largest absolute Gasteiger partial charge is 0.492 e. The van der Waals surface area contributed by atoms with Crippen LogP contribution in [0.3, 0.4) is 0 Å². The average molecular weight is 434 g/mol. The second kappa shape index (κ2) is 8.30. The monoisotopic (exact) mass is 433 g/mol. The third-order valence-corrected chi connectivity index (χ3v) is 8.53. The molecule has 0 saturated heterocycles. The molecule has 0 amide bonds. The minimum absolute atomic E-state index is 0.216. The number of carbonyl (C=O) groups excluding carboxylic acids is 2. The van der Waals surface area contributed by atoms with Crippen LogP contribution in [-0.4, -0.2) is 43.7 Å². The Kier molecular flexibility index (Phi) is 5.61. The van der Waals surface area contributed by atoms with Gasteiger partial charge in [-0.1, -0.05) is 24.6 Å². The minimum atomic E-state index is -0.216. The minimum Gasteiger partial charge on any atom is -0.492 e. The number of rotatable bonds is 5. The molecule has 5 rings (SSSR count). The average Bonchev–Trinajstić information content (AvgIpc) is 3.07. The second-order valence-corrected chi connectivity index (χ2v) is 10.7. The number of nitrogens with zero attached hydrogens (tertiary/aromatic N) is 1. The van der Waals surface area contributed by atoms with Gasteiger partial charge in [0.05, 0.1) is 0 Å². The fourth-order valence-corrected chi connectivity index (χ4v) is 6.87. The van der Waals surface area contributed by atoms with Crippen molar-refractivity contribution >= 4 is 11.6 Å². The van der Waals surface area contributed by atoms with Gasteiger partial charge in [-0.25, -0.2) is 0 Å². The Bertz CT molecular complexity index is 986. The van der Waals surface area contributed by atoms with Crippen molar-refractivity contribution in [3.63, 3.8) is 0 Å². The summed E-state index contributed by atoms with van der Waals surface area (Å²) >= 11 is 0. The number of allylic oxidation sites excluding steroid dienone is 4. The summed E-state index contributed by atoms with van der Waals surface area (Å²) in [5.74, 6) is 2.82. The Hall–Kier alpha value is -2.20. The molecule has 170 valence electrons. The lowest BCUT2D eigenvalue weighted by molar-refractivity contribution is -0.128. The van der Waals surface area contributed by atoms with E-state index in [0.717, 1.165) is 50.8 Å². The van der Waals surface area contributed by atoms with Crippen molar-refractivity contribution in [3.8, 4) is 5.75 Å². The lowest BCUT2D eigenvalue weighted by Crippen LogP contribution is -2.43. The summed E-state index contributed by atoms with van der Waals surface area (Å²) in [5.41, 5.74) is 5.34. The fraction of sp³-hybridized carbons (Fsp3) is 0.571. The molecule has 4 aliphatic rings. The molecule has 0 bridgehead atoms. The molecule has 0 aliphatic heterocycles. The number of ketones is 2. The van der Waals surface area contributed by atoms with E-state index >= 15 is 0 Å². The summed E-state index contributed by atoms with van der Waals surface area (Å²) < 4.78 is 5.92. The number of hydrogen-bond donors (Lipinski definition) is 0. The Balaban J connectivity index is 1.51. The smallest absolute Gasteiger partial charge is 0.156 e. The third kappa shape index (κ3) is 3.67. The third-order valence-electron chi connectivity index (χ3n) is 8.53. The molecule has 0 radical (unpaired) electrons. The van der Waals surface area contributed by atoms with Gasteiger partial charge in [0.1, 0.15) is 18.1 Å². The predicted octanol–water partition coefficient (Wildman–Crippen LogP) is 5.10. The van der Waals surface area contributed by atoms with Gasteiger partial charge < -0.3 is 9.64 Å². The van der Waals surface area contributed by atoms with Gasteiger partial charge >= 0.3 is 0 Å². The molecule has 4 aliphatic carbocycles. The first kappa shape index (κ1) is 21.6. The van der Waals surface area contributed by atoms with Gasteiger partial charge in [-0.15, -0.1) is 0 Å². The molecular formula is C28H35NO3. The first-order chi connectivity index (χ1) is 15.4. The van der Waals surface area contributed by atoms with Crippen molar-refractivity contribution in [1.29, 1.82) is 0 Å². The Morgan fingerprint density at radius 2 is 1.81 bits per heavy atom. The highest BCUT2D eigenvalue weighted by Gasteiger charge is 2.56. The van der Waals surface area contributed by atoms with Crippen LogP contribution < -0.4 is 4.74 Å². The maximum Gasteiger partial charge on any atom is 0.156 e. The molecule has 32 heavy (non-hydrogen) atoms. The molecule has 0 N–H and O–H groups in total. The van der Waals surface area contributed by atoms with Gasteiger partial charge in [0.15, 0.2) is 5.78 Å². The summed E-state index contributed by atoms with van der Waals surface area (Å²) in [4.78, 5) is 27.3. The SMILES string of the molecule is CN(C)CCOc1ccc([C@@H]2C[C@]3(C)C(=O)CCC3C3CCC4=CC(=O)CCC4=C32)cc1. The van der Waals surface area contributed by atoms with Gasteiger partial charge in [0, 0.05) is 30.7 Å². The van der Waals surface area contributed by atoms with E-state index in [4.69, 9.17) is 4.74 Å². The zero-order valence-electron chi connectivity index (χ0n) is 19.7. The van der Waals surface area contributed by atoms with E-state index in [1.165, 1.54) is 16.7 Å². The lowest BCUT2D eigenvalue weighted by Gasteiger charge is -2.50. The maximum atomic E-state index is 13.0. The van der Waals surface area contributed by atoms with E-state index in [1.54, 1.807) is 5.57 Å². The Labute approximate surface area is 191 Å². The van der Waals surface area contributed by atoms with Crippen LogP contribution in [0.15, 0.2) is 47.1 Å². The molecule has 0 aromatic heterocycles. The molecule has 1 aromatic carbocycles. The number of Topliss-reactive ketones (excluding diaryl/α,β-unsaturated/α-hetero) is 1. The highest BCUT2D eigenvalue weighted by atomic mass is 16.5. The van der Waals surface area contributed by atoms with Crippen LogP contribution in [0.4, 0.5) is 0 Å². The van der Waals surface area contributed by atoms with Gasteiger partial charge in [0.2, 0.25) is 0 Å². The summed E-state index contributed by atoms with van der Waals surface area (Å²) in [7, 11) is 4.09. The van der Waals surface area contributed by atoms with E-state index in [9.17, 15) is 9.59 Å². The second-order valence-electron chi connectivity index (χ2n) is 10.7. The molecule has 2 saturated carbocycles. The summed E-state index contributed by atoms with van der Waals surface area (Å²) in [6, 6.07) is 8.57. The molecule has 2 fully saturated rings. The van der Waals surface area contributed by atoms with E-state index in [1.807, 2.05) is 20.2 Å². The lowest BCUT2D eigenvalue weighted by atomic mass is 9.53. The number of ether oxygens (including phenoxy) is 1. The zero-order valence-corrected chi connectivity index (χ0v) is 19.7. The van der Waals surface area contributed by atoms with Crippen LogP contribution in [-0.2, 0) is 9.59 Å². The molecule has 2 unspecified atom stereocenters. The molecule has 1 aromatic rings. The summed E-state index contributed by atoms with van der Waals surface area (Å²) in [6.45, 7) is 3.79. The Morgan fingerprint density at radius 3 is 2.56 bits per heavy atom. The van der Waals surface area contributed by atoms with E-state index < -0.39 is 0 Å². The maximum absolute atomic E-state index is 13.0.